The Morgan fingerprint density at radius 2 is 1.94 bits per heavy atom. The molecule has 0 bridgehead atoms. The number of aromatic nitrogens is 1. The highest BCUT2D eigenvalue weighted by Crippen LogP contribution is 2.30. The first kappa shape index (κ1) is 23.5. The number of ether oxygens (including phenoxy) is 1. The molecule has 34 heavy (non-hydrogen) atoms. The average molecular weight is 458 g/mol. The number of piperazine rings is 1. The highest BCUT2D eigenvalue weighted by atomic mass is 16.5. The standard InChI is InChI=1S/C27H31N5O2/c1-20(2)34-27(33)25-24(30-23-10-8-21(18-28)9-11-23)12-13-29-26(25)32-16-14-31(15-17-32)19-22-6-4-3-5-7-22/h3-4,6,8-13,20H,5,7,14-17,19H2,1-2H3,(H,29,30). The van der Waals surface area contributed by atoms with Gasteiger partial charge in [0.05, 0.1) is 23.4 Å². The summed E-state index contributed by atoms with van der Waals surface area (Å²) in [7, 11) is 0. The Balaban J connectivity index is 1.54. The summed E-state index contributed by atoms with van der Waals surface area (Å²) in [6.45, 7) is 8.08. The first-order valence-electron chi connectivity index (χ1n) is 11.8. The van der Waals surface area contributed by atoms with Crippen molar-refractivity contribution in [3.05, 3.63) is 71.5 Å². The van der Waals surface area contributed by atoms with Gasteiger partial charge in [-0.3, -0.25) is 4.90 Å². The van der Waals surface area contributed by atoms with Gasteiger partial charge >= 0.3 is 5.97 Å². The van der Waals surface area contributed by atoms with Crippen molar-refractivity contribution >= 4 is 23.2 Å². The SMILES string of the molecule is CC(C)OC(=O)c1c(Nc2ccc(C#N)cc2)ccnc1N1CCN(CC2=CC=CCC2)CC1. The van der Waals surface area contributed by atoms with Gasteiger partial charge in [-0.1, -0.05) is 23.8 Å². The van der Waals surface area contributed by atoms with E-state index in [0.717, 1.165) is 51.3 Å². The normalized spacial score (nSPS) is 16.2. The van der Waals surface area contributed by atoms with E-state index in [1.165, 1.54) is 5.57 Å². The quantitative estimate of drug-likeness (QED) is 0.606. The summed E-state index contributed by atoms with van der Waals surface area (Å²) in [4.78, 5) is 22.4. The zero-order chi connectivity index (χ0) is 23.9. The molecule has 0 unspecified atom stereocenters. The van der Waals surface area contributed by atoms with Crippen LogP contribution in [0.3, 0.4) is 0 Å². The number of allylic oxidation sites excluding steroid dienone is 3. The minimum atomic E-state index is -0.393. The highest BCUT2D eigenvalue weighted by Gasteiger charge is 2.27. The van der Waals surface area contributed by atoms with Gasteiger partial charge in [0, 0.05) is 44.6 Å². The number of carbonyl (C=O) groups is 1. The summed E-state index contributed by atoms with van der Waals surface area (Å²) < 4.78 is 5.59. The number of esters is 1. The van der Waals surface area contributed by atoms with Crippen LogP contribution in [-0.4, -0.2) is 54.7 Å². The molecule has 1 aliphatic heterocycles. The molecule has 1 aromatic heterocycles. The molecule has 2 aliphatic rings. The zero-order valence-electron chi connectivity index (χ0n) is 19.8. The van der Waals surface area contributed by atoms with E-state index in [1.807, 2.05) is 26.0 Å². The number of benzene rings is 1. The van der Waals surface area contributed by atoms with Crippen molar-refractivity contribution in [3.8, 4) is 6.07 Å². The van der Waals surface area contributed by atoms with Crippen LogP contribution in [0.1, 0.15) is 42.6 Å². The van der Waals surface area contributed by atoms with E-state index in [0.29, 0.717) is 22.6 Å². The van der Waals surface area contributed by atoms with Crippen LogP contribution < -0.4 is 10.2 Å². The smallest absolute Gasteiger partial charge is 0.344 e. The Kier molecular flexibility index (Phi) is 7.61. The number of hydrogen-bond donors (Lipinski definition) is 1. The lowest BCUT2D eigenvalue weighted by molar-refractivity contribution is 0.0379. The summed E-state index contributed by atoms with van der Waals surface area (Å²) in [6, 6.07) is 11.0. The van der Waals surface area contributed by atoms with Crippen LogP contribution in [0.2, 0.25) is 0 Å². The van der Waals surface area contributed by atoms with Crippen LogP contribution in [0.5, 0.6) is 0 Å². The Morgan fingerprint density at radius 1 is 1.18 bits per heavy atom. The van der Waals surface area contributed by atoms with Gasteiger partial charge in [0.1, 0.15) is 11.4 Å². The van der Waals surface area contributed by atoms with E-state index in [4.69, 9.17) is 10.00 Å². The number of nitrogens with zero attached hydrogens (tertiary/aromatic N) is 4. The number of carbonyl (C=O) groups excluding carboxylic acids is 1. The number of nitriles is 1. The van der Waals surface area contributed by atoms with Crippen molar-refractivity contribution in [2.24, 2.45) is 0 Å². The Hall–Kier alpha value is -3.63. The molecule has 1 aliphatic carbocycles. The molecule has 1 fully saturated rings. The van der Waals surface area contributed by atoms with Crippen molar-refractivity contribution in [2.45, 2.75) is 32.8 Å². The third kappa shape index (κ3) is 5.83. The first-order chi connectivity index (χ1) is 16.5. The van der Waals surface area contributed by atoms with Gasteiger partial charge < -0.3 is 15.0 Å². The summed E-state index contributed by atoms with van der Waals surface area (Å²) in [5.74, 6) is 0.250. The Labute approximate surface area is 201 Å². The zero-order valence-corrected chi connectivity index (χ0v) is 19.8. The van der Waals surface area contributed by atoms with Gasteiger partial charge in [0.2, 0.25) is 0 Å². The predicted octanol–water partition coefficient (Wildman–Crippen LogP) is 4.66. The monoisotopic (exact) mass is 457 g/mol. The number of anilines is 3. The van der Waals surface area contributed by atoms with Gasteiger partial charge in [-0.05, 0) is 57.0 Å². The lowest BCUT2D eigenvalue weighted by Gasteiger charge is -2.36. The lowest BCUT2D eigenvalue weighted by atomic mass is 10.0. The van der Waals surface area contributed by atoms with Gasteiger partial charge in [-0.15, -0.1) is 0 Å². The number of pyridine rings is 1. The molecule has 7 heteroatoms. The second-order valence-corrected chi connectivity index (χ2v) is 8.88. The van der Waals surface area contributed by atoms with E-state index >= 15 is 0 Å². The molecule has 176 valence electrons. The molecule has 0 saturated carbocycles. The summed E-state index contributed by atoms with van der Waals surface area (Å²) in [5, 5.41) is 12.4. The second-order valence-electron chi connectivity index (χ2n) is 8.88. The fourth-order valence-electron chi connectivity index (χ4n) is 4.24. The summed E-state index contributed by atoms with van der Waals surface area (Å²) in [5.41, 5.74) is 3.92. The van der Waals surface area contributed by atoms with E-state index < -0.39 is 5.97 Å². The summed E-state index contributed by atoms with van der Waals surface area (Å²) in [6.07, 6.45) is 10.3. The van der Waals surface area contributed by atoms with Crippen molar-refractivity contribution in [3.63, 3.8) is 0 Å². The van der Waals surface area contributed by atoms with Crippen molar-refractivity contribution in [1.29, 1.82) is 5.26 Å². The molecular formula is C27H31N5O2. The minimum absolute atomic E-state index is 0.238. The molecule has 1 saturated heterocycles. The van der Waals surface area contributed by atoms with Crippen molar-refractivity contribution < 1.29 is 9.53 Å². The van der Waals surface area contributed by atoms with Crippen LogP contribution in [0.15, 0.2) is 60.3 Å². The highest BCUT2D eigenvalue weighted by molar-refractivity contribution is 6.01. The maximum absolute atomic E-state index is 13.2. The molecule has 0 spiro atoms. The van der Waals surface area contributed by atoms with Crippen LogP contribution in [0, 0.1) is 11.3 Å². The maximum atomic E-state index is 13.2. The third-order valence-electron chi connectivity index (χ3n) is 5.97. The van der Waals surface area contributed by atoms with Crippen LogP contribution in [0.4, 0.5) is 17.2 Å². The van der Waals surface area contributed by atoms with E-state index in [1.54, 1.807) is 24.4 Å². The van der Waals surface area contributed by atoms with Gasteiger partial charge in [-0.25, -0.2) is 9.78 Å². The molecule has 2 aromatic rings. The van der Waals surface area contributed by atoms with Crippen LogP contribution in [-0.2, 0) is 4.74 Å². The van der Waals surface area contributed by atoms with Crippen LogP contribution in [0.25, 0.3) is 0 Å². The fourth-order valence-corrected chi connectivity index (χ4v) is 4.24. The fraction of sp³-hybridized carbons (Fsp3) is 0.370. The Bertz CT molecular complexity index is 1110. The molecule has 1 aromatic carbocycles. The number of hydrogen-bond acceptors (Lipinski definition) is 7. The molecule has 1 N–H and O–H groups in total. The largest absolute Gasteiger partial charge is 0.459 e. The first-order valence-corrected chi connectivity index (χ1v) is 11.8. The number of rotatable bonds is 7. The topological polar surface area (TPSA) is 81.5 Å². The molecule has 2 heterocycles. The third-order valence-corrected chi connectivity index (χ3v) is 5.97. The predicted molar refractivity (Wildman–Crippen MR) is 134 cm³/mol. The lowest BCUT2D eigenvalue weighted by Crippen LogP contribution is -2.47. The molecule has 0 amide bonds. The van der Waals surface area contributed by atoms with Crippen molar-refractivity contribution in [1.82, 2.24) is 9.88 Å². The second kappa shape index (κ2) is 11.0. The van der Waals surface area contributed by atoms with Gasteiger partial charge in [-0.2, -0.15) is 5.26 Å². The van der Waals surface area contributed by atoms with Gasteiger partial charge in [0.25, 0.3) is 0 Å². The van der Waals surface area contributed by atoms with E-state index in [-0.39, 0.29) is 6.10 Å². The minimum Gasteiger partial charge on any atom is -0.459 e. The molecule has 7 nitrogen and oxygen atoms in total. The molecular weight excluding hydrogens is 426 g/mol. The molecule has 0 radical (unpaired) electrons. The van der Waals surface area contributed by atoms with Crippen LogP contribution >= 0.6 is 0 Å². The Morgan fingerprint density at radius 3 is 2.59 bits per heavy atom. The van der Waals surface area contributed by atoms with E-state index in [2.05, 4.69) is 44.4 Å². The molecule has 0 atom stereocenters. The maximum Gasteiger partial charge on any atom is 0.344 e. The summed E-state index contributed by atoms with van der Waals surface area (Å²) >= 11 is 0. The van der Waals surface area contributed by atoms with Gasteiger partial charge in [0.15, 0.2) is 0 Å². The average Bonchev–Trinajstić information content (AvgIpc) is 2.85. The molecule has 4 rings (SSSR count). The van der Waals surface area contributed by atoms with E-state index in [9.17, 15) is 4.79 Å². The number of nitrogens with one attached hydrogen (secondary N) is 1. The van der Waals surface area contributed by atoms with Crippen molar-refractivity contribution in [2.75, 3.05) is 42.9 Å².